The predicted octanol–water partition coefficient (Wildman–Crippen LogP) is 2.58. The van der Waals surface area contributed by atoms with Gasteiger partial charge in [0.1, 0.15) is 12.1 Å². The maximum Gasteiger partial charge on any atom is 0.165 e. The highest BCUT2D eigenvalue weighted by molar-refractivity contribution is 5.67. The van der Waals surface area contributed by atoms with Crippen LogP contribution in [-0.4, -0.2) is 6.29 Å². The third-order valence-electron chi connectivity index (χ3n) is 1.98. The minimum absolute atomic E-state index is 0.383. The first-order valence-electron chi connectivity index (χ1n) is 4.00. The average molecular weight is 202 g/mol. The van der Waals surface area contributed by atoms with E-state index in [-0.39, 0.29) is 0 Å². The SMILES string of the molecule is CC(C)(C=O)c1c(F)ccc(F)c1F. The van der Waals surface area contributed by atoms with E-state index < -0.39 is 28.4 Å². The summed E-state index contributed by atoms with van der Waals surface area (Å²) < 4.78 is 39.1. The van der Waals surface area contributed by atoms with Crippen LogP contribution < -0.4 is 0 Å². The van der Waals surface area contributed by atoms with Crippen molar-refractivity contribution < 1.29 is 18.0 Å². The molecule has 0 unspecified atom stereocenters. The Morgan fingerprint density at radius 1 is 1.14 bits per heavy atom. The van der Waals surface area contributed by atoms with Crippen molar-refractivity contribution in [1.82, 2.24) is 0 Å². The molecule has 0 bridgehead atoms. The van der Waals surface area contributed by atoms with E-state index in [4.69, 9.17) is 0 Å². The Balaban J connectivity index is 3.47. The molecule has 1 nitrogen and oxygen atoms in total. The van der Waals surface area contributed by atoms with Crippen molar-refractivity contribution in [2.24, 2.45) is 0 Å². The van der Waals surface area contributed by atoms with Gasteiger partial charge in [-0.15, -0.1) is 0 Å². The fraction of sp³-hybridized carbons (Fsp3) is 0.300. The van der Waals surface area contributed by atoms with Crippen LogP contribution in [0.5, 0.6) is 0 Å². The zero-order valence-electron chi connectivity index (χ0n) is 7.77. The Bertz CT molecular complexity index is 372. The van der Waals surface area contributed by atoms with Crippen LogP contribution in [0.4, 0.5) is 13.2 Å². The molecule has 0 saturated heterocycles. The first-order valence-corrected chi connectivity index (χ1v) is 4.00. The van der Waals surface area contributed by atoms with Crippen molar-refractivity contribution in [1.29, 1.82) is 0 Å². The monoisotopic (exact) mass is 202 g/mol. The summed E-state index contributed by atoms with van der Waals surface area (Å²) in [6.07, 6.45) is 0.383. The number of benzene rings is 1. The molecule has 1 rings (SSSR count). The molecule has 76 valence electrons. The van der Waals surface area contributed by atoms with E-state index in [0.29, 0.717) is 12.4 Å². The Morgan fingerprint density at radius 2 is 1.64 bits per heavy atom. The summed E-state index contributed by atoms with van der Waals surface area (Å²) in [7, 11) is 0. The van der Waals surface area contributed by atoms with Gasteiger partial charge in [0.2, 0.25) is 0 Å². The van der Waals surface area contributed by atoms with Gasteiger partial charge in [0, 0.05) is 5.56 Å². The Labute approximate surface area is 79.5 Å². The molecule has 0 aliphatic heterocycles. The second-order valence-corrected chi connectivity index (χ2v) is 3.56. The number of hydrogen-bond acceptors (Lipinski definition) is 1. The molecule has 0 fully saturated rings. The van der Waals surface area contributed by atoms with Crippen molar-refractivity contribution in [3.05, 3.63) is 35.1 Å². The molecule has 14 heavy (non-hydrogen) atoms. The van der Waals surface area contributed by atoms with Gasteiger partial charge in [0.25, 0.3) is 0 Å². The van der Waals surface area contributed by atoms with Crippen LogP contribution in [0.25, 0.3) is 0 Å². The van der Waals surface area contributed by atoms with E-state index in [9.17, 15) is 18.0 Å². The number of hydrogen-bond donors (Lipinski definition) is 0. The number of rotatable bonds is 2. The van der Waals surface area contributed by atoms with Crippen molar-refractivity contribution in [2.45, 2.75) is 19.3 Å². The quantitative estimate of drug-likeness (QED) is 0.532. The highest BCUT2D eigenvalue weighted by Gasteiger charge is 2.29. The lowest BCUT2D eigenvalue weighted by atomic mass is 9.85. The topological polar surface area (TPSA) is 17.1 Å². The number of carbonyl (C=O) groups excluding carboxylic acids is 1. The van der Waals surface area contributed by atoms with Gasteiger partial charge in [-0.2, -0.15) is 0 Å². The van der Waals surface area contributed by atoms with E-state index in [0.717, 1.165) is 6.07 Å². The van der Waals surface area contributed by atoms with Gasteiger partial charge in [-0.25, -0.2) is 13.2 Å². The number of aldehydes is 1. The molecule has 0 amide bonds. The lowest BCUT2D eigenvalue weighted by Gasteiger charge is -2.18. The van der Waals surface area contributed by atoms with Crippen LogP contribution in [0, 0.1) is 17.5 Å². The summed E-state index contributed by atoms with van der Waals surface area (Å²) in [6, 6.07) is 1.49. The Morgan fingerprint density at radius 3 is 2.14 bits per heavy atom. The predicted molar refractivity (Wildman–Crippen MR) is 45.4 cm³/mol. The van der Waals surface area contributed by atoms with Gasteiger partial charge in [0.05, 0.1) is 5.41 Å². The minimum Gasteiger partial charge on any atom is -0.302 e. The molecule has 4 heteroatoms. The number of halogens is 3. The van der Waals surface area contributed by atoms with Crippen LogP contribution in [0.2, 0.25) is 0 Å². The maximum atomic E-state index is 13.2. The van der Waals surface area contributed by atoms with E-state index in [1.165, 1.54) is 13.8 Å². The minimum atomic E-state index is -1.36. The van der Waals surface area contributed by atoms with E-state index in [1.54, 1.807) is 0 Å². The summed E-state index contributed by atoms with van der Waals surface area (Å²) in [5, 5.41) is 0. The molecule has 0 aliphatic carbocycles. The fourth-order valence-electron chi connectivity index (χ4n) is 1.18. The maximum absolute atomic E-state index is 13.2. The van der Waals surface area contributed by atoms with E-state index in [1.807, 2.05) is 0 Å². The van der Waals surface area contributed by atoms with Crippen molar-refractivity contribution in [3.63, 3.8) is 0 Å². The first kappa shape index (κ1) is 10.8. The molecule has 0 atom stereocenters. The molecule has 0 spiro atoms. The molecule has 0 radical (unpaired) electrons. The molecule has 0 heterocycles. The van der Waals surface area contributed by atoms with Crippen molar-refractivity contribution >= 4 is 6.29 Å². The Kier molecular flexibility index (Phi) is 2.64. The largest absolute Gasteiger partial charge is 0.302 e. The molecular weight excluding hydrogens is 193 g/mol. The second kappa shape index (κ2) is 3.44. The van der Waals surface area contributed by atoms with Crippen LogP contribution in [-0.2, 0) is 10.2 Å². The van der Waals surface area contributed by atoms with Gasteiger partial charge in [0.15, 0.2) is 11.6 Å². The lowest BCUT2D eigenvalue weighted by molar-refractivity contribution is -0.111. The fourth-order valence-corrected chi connectivity index (χ4v) is 1.18. The van der Waals surface area contributed by atoms with Gasteiger partial charge in [-0.05, 0) is 26.0 Å². The summed E-state index contributed by atoms with van der Waals surface area (Å²) in [4.78, 5) is 10.6. The zero-order valence-corrected chi connectivity index (χ0v) is 7.77. The molecule has 0 N–H and O–H groups in total. The summed E-state index contributed by atoms with van der Waals surface area (Å²) in [5.74, 6) is -3.38. The number of carbonyl (C=O) groups is 1. The van der Waals surface area contributed by atoms with Crippen LogP contribution in [0.15, 0.2) is 12.1 Å². The van der Waals surface area contributed by atoms with Crippen molar-refractivity contribution in [3.8, 4) is 0 Å². The lowest BCUT2D eigenvalue weighted by Crippen LogP contribution is -2.23. The molecule has 0 aliphatic rings. The Hall–Kier alpha value is -1.32. The third kappa shape index (κ3) is 1.64. The highest BCUT2D eigenvalue weighted by atomic mass is 19.2. The molecular formula is C10H9F3O. The zero-order chi connectivity index (χ0) is 10.9. The van der Waals surface area contributed by atoms with Gasteiger partial charge in [-0.1, -0.05) is 0 Å². The summed E-state index contributed by atoms with van der Waals surface area (Å²) in [6.45, 7) is 2.64. The highest BCUT2D eigenvalue weighted by Crippen LogP contribution is 2.27. The first-order chi connectivity index (χ1) is 6.40. The third-order valence-corrected chi connectivity index (χ3v) is 1.98. The summed E-state index contributed by atoms with van der Waals surface area (Å²) >= 11 is 0. The summed E-state index contributed by atoms with van der Waals surface area (Å²) in [5.41, 5.74) is -1.90. The molecule has 0 aromatic heterocycles. The second-order valence-electron chi connectivity index (χ2n) is 3.56. The van der Waals surface area contributed by atoms with Crippen LogP contribution in [0.3, 0.4) is 0 Å². The van der Waals surface area contributed by atoms with Gasteiger partial charge in [-0.3, -0.25) is 0 Å². The smallest absolute Gasteiger partial charge is 0.165 e. The van der Waals surface area contributed by atoms with Crippen LogP contribution in [0.1, 0.15) is 19.4 Å². The van der Waals surface area contributed by atoms with Crippen molar-refractivity contribution in [2.75, 3.05) is 0 Å². The van der Waals surface area contributed by atoms with E-state index in [2.05, 4.69) is 0 Å². The normalized spacial score (nSPS) is 11.5. The van der Waals surface area contributed by atoms with Crippen LogP contribution >= 0.6 is 0 Å². The van der Waals surface area contributed by atoms with E-state index >= 15 is 0 Å². The van der Waals surface area contributed by atoms with Gasteiger partial charge < -0.3 is 4.79 Å². The molecule has 1 aromatic carbocycles. The average Bonchev–Trinajstić information content (AvgIpc) is 2.12. The molecule has 1 aromatic rings. The molecule has 0 saturated carbocycles. The van der Waals surface area contributed by atoms with Gasteiger partial charge >= 0.3 is 0 Å². The standard InChI is InChI=1S/C10H9F3O/c1-10(2,5-14)8-6(11)3-4-7(12)9(8)13/h3-5H,1-2H3.